The molecule has 0 atom stereocenters. The van der Waals surface area contributed by atoms with Gasteiger partial charge in [-0.3, -0.25) is 0 Å². The van der Waals surface area contributed by atoms with Crippen molar-refractivity contribution in [3.8, 4) is 6.01 Å². The Kier molecular flexibility index (Phi) is 3.06. The van der Waals surface area contributed by atoms with E-state index in [2.05, 4.69) is 16.9 Å². The minimum Gasteiger partial charge on any atom is -0.467 e. The highest BCUT2D eigenvalue weighted by molar-refractivity contribution is 5.38. The van der Waals surface area contributed by atoms with E-state index in [1.54, 1.807) is 7.11 Å². The Morgan fingerprint density at radius 2 is 2.08 bits per heavy atom. The fourth-order valence-electron chi connectivity index (χ4n) is 0.961. The van der Waals surface area contributed by atoms with Crippen molar-refractivity contribution < 1.29 is 4.74 Å². The Balaban J connectivity index is 3.07. The van der Waals surface area contributed by atoms with Gasteiger partial charge in [0, 0.05) is 25.9 Å². The summed E-state index contributed by atoms with van der Waals surface area (Å²) < 4.78 is 5.00. The SMILES string of the molecule is CCc1cc(N(C)C)nc(OC)n1. The summed E-state index contributed by atoms with van der Waals surface area (Å²) in [6.45, 7) is 2.06. The van der Waals surface area contributed by atoms with Gasteiger partial charge in [-0.2, -0.15) is 4.98 Å². The van der Waals surface area contributed by atoms with Crippen LogP contribution in [0.2, 0.25) is 0 Å². The van der Waals surface area contributed by atoms with Gasteiger partial charge in [0.1, 0.15) is 5.82 Å². The first-order chi connectivity index (χ1) is 6.17. The molecule has 4 heteroatoms. The van der Waals surface area contributed by atoms with Crippen LogP contribution in [-0.2, 0) is 6.42 Å². The van der Waals surface area contributed by atoms with Crippen LogP contribution >= 0.6 is 0 Å². The lowest BCUT2D eigenvalue weighted by molar-refractivity contribution is 0.378. The average Bonchev–Trinajstić information content (AvgIpc) is 2.16. The summed E-state index contributed by atoms with van der Waals surface area (Å²) in [4.78, 5) is 10.3. The van der Waals surface area contributed by atoms with Crippen molar-refractivity contribution in [3.63, 3.8) is 0 Å². The van der Waals surface area contributed by atoms with Crippen LogP contribution in [0.3, 0.4) is 0 Å². The molecule has 1 aromatic heterocycles. The normalized spacial score (nSPS) is 9.85. The third-order valence-corrected chi connectivity index (χ3v) is 1.75. The highest BCUT2D eigenvalue weighted by atomic mass is 16.5. The first-order valence-electron chi connectivity index (χ1n) is 4.26. The van der Waals surface area contributed by atoms with Gasteiger partial charge in [0.2, 0.25) is 0 Å². The lowest BCUT2D eigenvalue weighted by atomic mass is 10.3. The van der Waals surface area contributed by atoms with Gasteiger partial charge in [-0.1, -0.05) is 6.92 Å². The van der Waals surface area contributed by atoms with E-state index >= 15 is 0 Å². The fraction of sp³-hybridized carbons (Fsp3) is 0.556. The molecule has 0 unspecified atom stereocenters. The van der Waals surface area contributed by atoms with Crippen molar-refractivity contribution in [2.75, 3.05) is 26.1 Å². The van der Waals surface area contributed by atoms with Crippen molar-refractivity contribution in [1.82, 2.24) is 9.97 Å². The molecule has 0 fully saturated rings. The molecule has 0 radical (unpaired) electrons. The number of rotatable bonds is 3. The molecule has 0 saturated carbocycles. The number of aromatic nitrogens is 2. The van der Waals surface area contributed by atoms with Crippen LogP contribution in [0, 0.1) is 0 Å². The lowest BCUT2D eigenvalue weighted by Crippen LogP contribution is -2.12. The molecular weight excluding hydrogens is 166 g/mol. The van der Waals surface area contributed by atoms with E-state index in [1.807, 2.05) is 25.1 Å². The van der Waals surface area contributed by atoms with Gasteiger partial charge in [-0.05, 0) is 6.42 Å². The summed E-state index contributed by atoms with van der Waals surface area (Å²) in [7, 11) is 5.47. The van der Waals surface area contributed by atoms with E-state index in [-0.39, 0.29) is 0 Å². The molecule has 0 N–H and O–H groups in total. The quantitative estimate of drug-likeness (QED) is 0.700. The minimum absolute atomic E-state index is 0.433. The Labute approximate surface area is 78.6 Å². The molecule has 1 aromatic rings. The summed E-state index contributed by atoms with van der Waals surface area (Å²) in [6.07, 6.45) is 0.889. The van der Waals surface area contributed by atoms with Gasteiger partial charge in [0.15, 0.2) is 0 Å². The molecule has 72 valence electrons. The number of hydrogen-bond acceptors (Lipinski definition) is 4. The minimum atomic E-state index is 0.433. The molecule has 0 amide bonds. The monoisotopic (exact) mass is 181 g/mol. The molecule has 0 aliphatic carbocycles. The topological polar surface area (TPSA) is 38.2 Å². The van der Waals surface area contributed by atoms with E-state index in [1.165, 1.54) is 0 Å². The van der Waals surface area contributed by atoms with E-state index in [0.717, 1.165) is 17.9 Å². The Morgan fingerprint density at radius 1 is 1.38 bits per heavy atom. The van der Waals surface area contributed by atoms with Crippen molar-refractivity contribution in [2.24, 2.45) is 0 Å². The molecule has 1 rings (SSSR count). The number of aryl methyl sites for hydroxylation is 1. The van der Waals surface area contributed by atoms with Crippen LogP contribution in [-0.4, -0.2) is 31.2 Å². The summed E-state index contributed by atoms with van der Waals surface area (Å²) in [5, 5.41) is 0. The second kappa shape index (κ2) is 4.07. The first kappa shape index (κ1) is 9.77. The number of nitrogens with zero attached hydrogens (tertiary/aromatic N) is 3. The zero-order chi connectivity index (χ0) is 9.84. The maximum Gasteiger partial charge on any atom is 0.318 e. The van der Waals surface area contributed by atoms with Gasteiger partial charge >= 0.3 is 6.01 Å². The summed E-state index contributed by atoms with van der Waals surface area (Å²) in [6, 6.07) is 2.39. The van der Waals surface area contributed by atoms with E-state index < -0.39 is 0 Å². The van der Waals surface area contributed by atoms with Crippen LogP contribution in [0.15, 0.2) is 6.07 Å². The van der Waals surface area contributed by atoms with Gasteiger partial charge < -0.3 is 9.64 Å². The van der Waals surface area contributed by atoms with Crippen LogP contribution in [0.25, 0.3) is 0 Å². The number of hydrogen-bond donors (Lipinski definition) is 0. The van der Waals surface area contributed by atoms with Crippen LogP contribution < -0.4 is 9.64 Å². The highest BCUT2D eigenvalue weighted by Crippen LogP contribution is 2.13. The Bertz CT molecular complexity index is 264. The van der Waals surface area contributed by atoms with Crippen LogP contribution in [0.1, 0.15) is 12.6 Å². The third-order valence-electron chi connectivity index (χ3n) is 1.75. The largest absolute Gasteiger partial charge is 0.467 e. The van der Waals surface area contributed by atoms with Gasteiger partial charge in [-0.25, -0.2) is 4.98 Å². The average molecular weight is 181 g/mol. The molecule has 0 aliphatic heterocycles. The van der Waals surface area contributed by atoms with Crippen molar-refractivity contribution in [1.29, 1.82) is 0 Å². The number of ether oxygens (including phenoxy) is 1. The van der Waals surface area contributed by atoms with Crippen molar-refractivity contribution >= 4 is 5.82 Å². The zero-order valence-electron chi connectivity index (χ0n) is 8.53. The smallest absolute Gasteiger partial charge is 0.318 e. The second-order valence-electron chi connectivity index (χ2n) is 2.95. The van der Waals surface area contributed by atoms with Crippen LogP contribution in [0.4, 0.5) is 5.82 Å². The first-order valence-corrected chi connectivity index (χ1v) is 4.26. The van der Waals surface area contributed by atoms with Crippen LogP contribution in [0.5, 0.6) is 6.01 Å². The van der Waals surface area contributed by atoms with Crippen molar-refractivity contribution in [3.05, 3.63) is 11.8 Å². The van der Waals surface area contributed by atoms with E-state index in [9.17, 15) is 0 Å². The summed E-state index contributed by atoms with van der Waals surface area (Å²) in [5.41, 5.74) is 0.996. The number of methoxy groups -OCH3 is 1. The predicted molar refractivity (Wildman–Crippen MR) is 52.3 cm³/mol. The maximum atomic E-state index is 5.00. The standard InChI is InChI=1S/C9H15N3O/c1-5-7-6-8(12(2)3)11-9(10-7)13-4/h6H,5H2,1-4H3. The van der Waals surface area contributed by atoms with Gasteiger partial charge in [0.25, 0.3) is 0 Å². The molecule has 0 spiro atoms. The molecule has 1 heterocycles. The van der Waals surface area contributed by atoms with E-state index in [0.29, 0.717) is 6.01 Å². The second-order valence-corrected chi connectivity index (χ2v) is 2.95. The highest BCUT2D eigenvalue weighted by Gasteiger charge is 2.04. The summed E-state index contributed by atoms with van der Waals surface area (Å²) in [5.74, 6) is 0.878. The van der Waals surface area contributed by atoms with E-state index in [4.69, 9.17) is 4.74 Å². The molecule has 0 saturated heterocycles. The molecule has 0 aliphatic rings. The molecule has 13 heavy (non-hydrogen) atoms. The number of anilines is 1. The third kappa shape index (κ3) is 2.31. The summed E-state index contributed by atoms with van der Waals surface area (Å²) >= 11 is 0. The lowest BCUT2D eigenvalue weighted by Gasteiger charge is -2.12. The molecular formula is C9H15N3O. The molecule has 0 aromatic carbocycles. The van der Waals surface area contributed by atoms with Crippen molar-refractivity contribution in [2.45, 2.75) is 13.3 Å². The zero-order valence-corrected chi connectivity index (χ0v) is 8.53. The van der Waals surface area contributed by atoms with Gasteiger partial charge in [-0.15, -0.1) is 0 Å². The molecule has 0 bridgehead atoms. The Hall–Kier alpha value is -1.32. The predicted octanol–water partition coefficient (Wildman–Crippen LogP) is 1.11. The van der Waals surface area contributed by atoms with Gasteiger partial charge in [0.05, 0.1) is 7.11 Å². The Morgan fingerprint density at radius 3 is 2.54 bits per heavy atom. The maximum absolute atomic E-state index is 5.00. The fourth-order valence-corrected chi connectivity index (χ4v) is 0.961. The molecule has 4 nitrogen and oxygen atoms in total.